The van der Waals surface area contributed by atoms with Crippen LogP contribution >= 0.6 is 11.3 Å². The Labute approximate surface area is 155 Å². The highest BCUT2D eigenvalue weighted by atomic mass is 32.1. The van der Waals surface area contributed by atoms with E-state index in [4.69, 9.17) is 4.74 Å². The molecule has 0 saturated heterocycles. The van der Waals surface area contributed by atoms with E-state index in [1.165, 1.54) is 11.3 Å². The number of ketones is 1. The summed E-state index contributed by atoms with van der Waals surface area (Å²) in [6.07, 6.45) is 2.97. The van der Waals surface area contributed by atoms with Crippen LogP contribution < -0.4 is 5.32 Å². The average Bonchev–Trinajstić information content (AvgIpc) is 3.13. The molecule has 1 aromatic carbocycles. The number of amides is 1. The second-order valence-electron chi connectivity index (χ2n) is 5.10. The Balaban J connectivity index is 1.74. The maximum absolute atomic E-state index is 11.8. The van der Waals surface area contributed by atoms with E-state index in [1.807, 2.05) is 30.3 Å². The first kappa shape index (κ1) is 19.4. The molecule has 1 heterocycles. The maximum Gasteiger partial charge on any atom is 0.407 e. The van der Waals surface area contributed by atoms with Crippen LogP contribution in [0.2, 0.25) is 0 Å². The van der Waals surface area contributed by atoms with E-state index in [9.17, 15) is 14.4 Å². The summed E-state index contributed by atoms with van der Waals surface area (Å²) < 4.78 is 9.77. The Morgan fingerprint density at radius 1 is 1.08 bits per heavy atom. The minimum absolute atomic E-state index is 0.161. The van der Waals surface area contributed by atoms with Gasteiger partial charge in [-0.25, -0.2) is 9.59 Å². The van der Waals surface area contributed by atoms with Crippen molar-refractivity contribution in [1.29, 1.82) is 0 Å². The van der Waals surface area contributed by atoms with Crippen molar-refractivity contribution in [1.82, 2.24) is 5.32 Å². The number of ether oxygens (including phenoxy) is 2. The number of esters is 1. The molecular formula is C19H19NO5S. The van der Waals surface area contributed by atoms with E-state index in [1.54, 1.807) is 31.2 Å². The normalized spacial score (nSPS) is 10.5. The highest BCUT2D eigenvalue weighted by Crippen LogP contribution is 2.18. The molecule has 7 heteroatoms. The molecule has 1 aromatic heterocycles. The monoisotopic (exact) mass is 373 g/mol. The van der Waals surface area contributed by atoms with Gasteiger partial charge in [0.15, 0.2) is 0 Å². The first-order valence-corrected chi connectivity index (χ1v) is 8.84. The summed E-state index contributed by atoms with van der Waals surface area (Å²) in [5.74, 6) is -1.51. The van der Waals surface area contributed by atoms with Gasteiger partial charge in [0.05, 0.1) is 11.5 Å². The molecule has 0 aliphatic rings. The molecular weight excluding hydrogens is 354 g/mol. The van der Waals surface area contributed by atoms with Crippen molar-refractivity contribution in [3.8, 4) is 0 Å². The van der Waals surface area contributed by atoms with Gasteiger partial charge in [-0.2, -0.15) is 0 Å². The summed E-state index contributed by atoms with van der Waals surface area (Å²) in [4.78, 5) is 35.9. The van der Waals surface area contributed by atoms with Crippen molar-refractivity contribution in [2.75, 3.05) is 13.2 Å². The summed E-state index contributed by atoms with van der Waals surface area (Å²) in [5, 5.41) is 2.60. The number of hydrogen-bond acceptors (Lipinski definition) is 6. The third-order valence-electron chi connectivity index (χ3n) is 3.17. The zero-order chi connectivity index (χ0) is 18.8. The maximum atomic E-state index is 11.8. The molecule has 0 spiro atoms. The molecule has 2 rings (SSSR count). The lowest BCUT2D eigenvalue weighted by atomic mass is 10.2. The standard InChI is InChI=1S/C19H19NO5S/c1-2-24-18(22)17(21)16-11-10-15(26-16)9-6-12-20-19(23)25-13-14-7-4-3-5-8-14/h3-11H,2,12-13H2,1H3,(H,20,23). The van der Waals surface area contributed by atoms with Crippen LogP contribution in [-0.2, 0) is 20.9 Å². The van der Waals surface area contributed by atoms with Crippen LogP contribution in [-0.4, -0.2) is 31.0 Å². The van der Waals surface area contributed by atoms with Crippen LogP contribution in [0, 0.1) is 0 Å². The predicted molar refractivity (Wildman–Crippen MR) is 98.9 cm³/mol. The van der Waals surface area contributed by atoms with Crippen LogP contribution in [0.15, 0.2) is 48.5 Å². The van der Waals surface area contributed by atoms with Gasteiger partial charge in [-0.15, -0.1) is 11.3 Å². The van der Waals surface area contributed by atoms with Crippen LogP contribution in [0.25, 0.3) is 6.08 Å². The van der Waals surface area contributed by atoms with Gasteiger partial charge in [0, 0.05) is 11.4 Å². The number of thiophene rings is 1. The van der Waals surface area contributed by atoms with Crippen LogP contribution in [0.4, 0.5) is 4.79 Å². The fourth-order valence-electron chi connectivity index (χ4n) is 1.95. The number of rotatable bonds is 8. The molecule has 2 aromatic rings. The molecule has 136 valence electrons. The molecule has 0 radical (unpaired) electrons. The largest absolute Gasteiger partial charge is 0.460 e. The van der Waals surface area contributed by atoms with E-state index in [0.717, 1.165) is 10.4 Å². The number of Topliss-reactive ketones (excluding diaryl/α,β-unsaturated/α-hetero) is 1. The lowest BCUT2D eigenvalue weighted by Crippen LogP contribution is -2.24. The van der Waals surface area contributed by atoms with Crippen molar-refractivity contribution in [2.45, 2.75) is 13.5 Å². The third kappa shape index (κ3) is 6.18. The molecule has 26 heavy (non-hydrogen) atoms. The molecule has 0 fully saturated rings. The number of alkyl carbamates (subject to hydrolysis) is 1. The van der Waals surface area contributed by atoms with Gasteiger partial charge in [0.1, 0.15) is 6.61 Å². The lowest BCUT2D eigenvalue weighted by Gasteiger charge is -2.05. The summed E-state index contributed by atoms with van der Waals surface area (Å²) in [6.45, 7) is 2.30. The SMILES string of the molecule is CCOC(=O)C(=O)c1ccc(C=CCNC(=O)OCc2ccccc2)s1. The zero-order valence-corrected chi connectivity index (χ0v) is 15.1. The minimum Gasteiger partial charge on any atom is -0.460 e. The molecule has 0 bridgehead atoms. The molecule has 1 N–H and O–H groups in total. The smallest absolute Gasteiger partial charge is 0.407 e. The van der Waals surface area contributed by atoms with Gasteiger partial charge in [-0.1, -0.05) is 36.4 Å². The first-order valence-electron chi connectivity index (χ1n) is 8.02. The van der Waals surface area contributed by atoms with Gasteiger partial charge in [0.25, 0.3) is 5.78 Å². The summed E-state index contributed by atoms with van der Waals surface area (Å²) in [5.41, 5.74) is 0.913. The van der Waals surface area contributed by atoms with Crippen molar-refractivity contribution in [2.24, 2.45) is 0 Å². The molecule has 0 aliphatic carbocycles. The predicted octanol–water partition coefficient (Wildman–Crippen LogP) is 3.43. The summed E-state index contributed by atoms with van der Waals surface area (Å²) >= 11 is 1.18. The number of benzene rings is 1. The minimum atomic E-state index is -0.854. The van der Waals surface area contributed by atoms with Gasteiger partial charge in [-0.3, -0.25) is 4.79 Å². The Kier molecular flexibility index (Phi) is 7.57. The topological polar surface area (TPSA) is 81.7 Å². The number of carbonyl (C=O) groups is 3. The van der Waals surface area contributed by atoms with E-state index in [0.29, 0.717) is 4.88 Å². The van der Waals surface area contributed by atoms with Crippen molar-refractivity contribution in [3.05, 3.63) is 63.9 Å². The third-order valence-corrected chi connectivity index (χ3v) is 4.22. The van der Waals surface area contributed by atoms with E-state index in [2.05, 4.69) is 10.1 Å². The highest BCUT2D eigenvalue weighted by molar-refractivity contribution is 7.15. The Morgan fingerprint density at radius 3 is 2.58 bits per heavy atom. The zero-order valence-electron chi connectivity index (χ0n) is 14.3. The second-order valence-corrected chi connectivity index (χ2v) is 6.21. The van der Waals surface area contributed by atoms with Crippen LogP contribution in [0.1, 0.15) is 27.0 Å². The fraction of sp³-hybridized carbons (Fsp3) is 0.211. The van der Waals surface area contributed by atoms with Gasteiger partial charge < -0.3 is 14.8 Å². The summed E-state index contributed by atoms with van der Waals surface area (Å²) in [7, 11) is 0. The van der Waals surface area contributed by atoms with Crippen LogP contribution in [0.3, 0.4) is 0 Å². The Hall–Kier alpha value is -2.93. The van der Waals surface area contributed by atoms with E-state index >= 15 is 0 Å². The summed E-state index contributed by atoms with van der Waals surface area (Å²) in [6, 6.07) is 12.7. The molecule has 0 aliphatic heterocycles. The molecule has 0 atom stereocenters. The fourth-order valence-corrected chi connectivity index (χ4v) is 2.82. The quantitative estimate of drug-likeness (QED) is 0.435. The number of carbonyl (C=O) groups excluding carboxylic acids is 3. The Bertz CT molecular complexity index is 782. The lowest BCUT2D eigenvalue weighted by molar-refractivity contribution is -0.137. The number of nitrogens with one attached hydrogen (secondary N) is 1. The van der Waals surface area contributed by atoms with Crippen molar-refractivity contribution in [3.63, 3.8) is 0 Å². The Morgan fingerprint density at radius 2 is 1.85 bits per heavy atom. The van der Waals surface area contributed by atoms with Gasteiger partial charge in [-0.05, 0) is 30.7 Å². The molecule has 0 saturated carbocycles. The van der Waals surface area contributed by atoms with Gasteiger partial charge in [0.2, 0.25) is 0 Å². The number of hydrogen-bond donors (Lipinski definition) is 1. The highest BCUT2D eigenvalue weighted by Gasteiger charge is 2.18. The first-order chi connectivity index (χ1) is 12.6. The molecule has 6 nitrogen and oxygen atoms in total. The van der Waals surface area contributed by atoms with E-state index < -0.39 is 17.8 Å². The molecule has 0 unspecified atom stereocenters. The van der Waals surface area contributed by atoms with Gasteiger partial charge >= 0.3 is 12.1 Å². The average molecular weight is 373 g/mol. The van der Waals surface area contributed by atoms with Crippen molar-refractivity contribution >= 4 is 35.3 Å². The van der Waals surface area contributed by atoms with Crippen molar-refractivity contribution < 1.29 is 23.9 Å². The molecule has 1 amide bonds. The van der Waals surface area contributed by atoms with E-state index in [-0.39, 0.29) is 19.8 Å². The van der Waals surface area contributed by atoms with Crippen LogP contribution in [0.5, 0.6) is 0 Å². The second kappa shape index (κ2) is 10.1.